The molecule has 0 aliphatic rings. The molecule has 0 atom stereocenters. The van der Waals surface area contributed by atoms with Gasteiger partial charge in [0.05, 0.1) is 5.52 Å². The Morgan fingerprint density at radius 1 is 1.25 bits per heavy atom. The summed E-state index contributed by atoms with van der Waals surface area (Å²) in [4.78, 5) is 8.45. The van der Waals surface area contributed by atoms with Crippen LogP contribution in [0.3, 0.4) is 0 Å². The van der Waals surface area contributed by atoms with Gasteiger partial charge in [0, 0.05) is 25.6 Å². The number of rotatable bonds is 5. The Morgan fingerprint density at radius 3 is 3.00 bits per heavy atom. The molecule has 1 aromatic heterocycles. The number of benzene rings is 1. The molecule has 2 rings (SSSR count). The number of fused-ring (bicyclic) bond motifs is 1. The minimum Gasteiger partial charge on any atom is -0.385 e. The molecule has 1 aromatic carbocycles. The molecular weight excluding hydrogens is 202 g/mol. The van der Waals surface area contributed by atoms with E-state index in [9.17, 15) is 0 Å². The standard InChI is InChI=1S/C12H15N3O/c1-16-8-4-7-13-12-10-5-2-3-6-11(10)14-9-15-12/h2-3,5-6,9H,4,7-8H2,1H3,(H,13,14,15). The monoisotopic (exact) mass is 217 g/mol. The van der Waals surface area contributed by atoms with Crippen molar-refractivity contribution in [2.45, 2.75) is 6.42 Å². The average molecular weight is 217 g/mol. The zero-order chi connectivity index (χ0) is 11.2. The number of nitrogens with zero attached hydrogens (tertiary/aromatic N) is 2. The van der Waals surface area contributed by atoms with E-state index in [0.29, 0.717) is 0 Å². The predicted octanol–water partition coefficient (Wildman–Crippen LogP) is 2.08. The Bertz CT molecular complexity index is 453. The Labute approximate surface area is 94.7 Å². The van der Waals surface area contributed by atoms with Crippen LogP contribution >= 0.6 is 0 Å². The first-order valence-electron chi connectivity index (χ1n) is 5.34. The fourth-order valence-corrected chi connectivity index (χ4v) is 1.57. The van der Waals surface area contributed by atoms with Gasteiger partial charge in [-0.05, 0) is 18.6 Å². The molecule has 0 aliphatic carbocycles. The summed E-state index contributed by atoms with van der Waals surface area (Å²) in [5.74, 6) is 0.890. The maximum atomic E-state index is 4.99. The van der Waals surface area contributed by atoms with Crippen molar-refractivity contribution in [3.05, 3.63) is 30.6 Å². The topological polar surface area (TPSA) is 47.0 Å². The van der Waals surface area contributed by atoms with Crippen LogP contribution < -0.4 is 5.32 Å². The number of aromatic nitrogens is 2. The van der Waals surface area contributed by atoms with Crippen molar-refractivity contribution < 1.29 is 4.74 Å². The van der Waals surface area contributed by atoms with E-state index >= 15 is 0 Å². The van der Waals surface area contributed by atoms with Crippen molar-refractivity contribution in [2.24, 2.45) is 0 Å². The van der Waals surface area contributed by atoms with E-state index in [1.165, 1.54) is 0 Å². The van der Waals surface area contributed by atoms with Crippen molar-refractivity contribution >= 4 is 16.7 Å². The molecule has 1 N–H and O–H groups in total. The van der Waals surface area contributed by atoms with Crippen LogP contribution in [0.2, 0.25) is 0 Å². The largest absolute Gasteiger partial charge is 0.385 e. The van der Waals surface area contributed by atoms with Crippen LogP contribution in [0.4, 0.5) is 5.82 Å². The molecule has 0 saturated carbocycles. The molecule has 4 nitrogen and oxygen atoms in total. The van der Waals surface area contributed by atoms with Gasteiger partial charge in [-0.25, -0.2) is 9.97 Å². The van der Waals surface area contributed by atoms with Gasteiger partial charge in [0.25, 0.3) is 0 Å². The van der Waals surface area contributed by atoms with Gasteiger partial charge in [0.2, 0.25) is 0 Å². The highest BCUT2D eigenvalue weighted by atomic mass is 16.5. The third-order valence-corrected chi connectivity index (χ3v) is 2.36. The molecule has 0 radical (unpaired) electrons. The second-order valence-electron chi connectivity index (χ2n) is 3.51. The summed E-state index contributed by atoms with van der Waals surface area (Å²) >= 11 is 0. The normalized spacial score (nSPS) is 10.6. The Kier molecular flexibility index (Phi) is 3.66. The van der Waals surface area contributed by atoms with Gasteiger partial charge in [-0.3, -0.25) is 0 Å². The summed E-state index contributed by atoms with van der Waals surface area (Å²) in [5.41, 5.74) is 0.965. The molecule has 1 heterocycles. The Morgan fingerprint density at radius 2 is 2.12 bits per heavy atom. The zero-order valence-electron chi connectivity index (χ0n) is 9.31. The van der Waals surface area contributed by atoms with Crippen LogP contribution in [0.15, 0.2) is 30.6 Å². The van der Waals surface area contributed by atoms with Crippen molar-refractivity contribution in [3.8, 4) is 0 Å². The molecule has 0 amide bonds. The molecule has 84 valence electrons. The number of ether oxygens (including phenoxy) is 1. The fraction of sp³-hybridized carbons (Fsp3) is 0.333. The molecule has 0 fully saturated rings. The third-order valence-electron chi connectivity index (χ3n) is 2.36. The van der Waals surface area contributed by atoms with E-state index < -0.39 is 0 Å². The number of hydrogen-bond acceptors (Lipinski definition) is 4. The average Bonchev–Trinajstić information content (AvgIpc) is 2.35. The highest BCUT2D eigenvalue weighted by Crippen LogP contribution is 2.17. The lowest BCUT2D eigenvalue weighted by Crippen LogP contribution is -2.06. The fourth-order valence-electron chi connectivity index (χ4n) is 1.57. The SMILES string of the molecule is COCCCNc1ncnc2ccccc12. The van der Waals surface area contributed by atoms with Gasteiger partial charge in [-0.2, -0.15) is 0 Å². The molecule has 0 saturated heterocycles. The number of methoxy groups -OCH3 is 1. The van der Waals surface area contributed by atoms with Crippen LogP contribution in [0.1, 0.15) is 6.42 Å². The first-order chi connectivity index (χ1) is 7.92. The highest BCUT2D eigenvalue weighted by molar-refractivity contribution is 5.88. The van der Waals surface area contributed by atoms with Crippen molar-refractivity contribution in [2.75, 3.05) is 25.6 Å². The quantitative estimate of drug-likeness (QED) is 0.779. The Hall–Kier alpha value is -1.68. The van der Waals surface area contributed by atoms with Gasteiger partial charge in [0.1, 0.15) is 12.1 Å². The molecule has 4 heteroatoms. The van der Waals surface area contributed by atoms with Crippen molar-refractivity contribution in [3.63, 3.8) is 0 Å². The lowest BCUT2D eigenvalue weighted by Gasteiger charge is -2.07. The molecule has 0 unspecified atom stereocenters. The maximum absolute atomic E-state index is 4.99. The van der Waals surface area contributed by atoms with E-state index in [1.807, 2.05) is 24.3 Å². The van der Waals surface area contributed by atoms with E-state index in [-0.39, 0.29) is 0 Å². The van der Waals surface area contributed by atoms with Gasteiger partial charge < -0.3 is 10.1 Å². The number of para-hydroxylation sites is 1. The zero-order valence-corrected chi connectivity index (χ0v) is 9.31. The van der Waals surface area contributed by atoms with Crippen LogP contribution in [0.25, 0.3) is 10.9 Å². The number of anilines is 1. The summed E-state index contributed by atoms with van der Waals surface area (Å²) in [6, 6.07) is 7.97. The van der Waals surface area contributed by atoms with Crippen LogP contribution in [0, 0.1) is 0 Å². The lowest BCUT2D eigenvalue weighted by atomic mass is 10.2. The van der Waals surface area contributed by atoms with Gasteiger partial charge >= 0.3 is 0 Å². The van der Waals surface area contributed by atoms with Gasteiger partial charge in [-0.1, -0.05) is 12.1 Å². The van der Waals surface area contributed by atoms with Crippen molar-refractivity contribution in [1.29, 1.82) is 0 Å². The summed E-state index contributed by atoms with van der Waals surface area (Å²) in [5, 5.41) is 4.35. The molecule has 0 aliphatic heterocycles. The predicted molar refractivity (Wildman–Crippen MR) is 64.5 cm³/mol. The Balaban J connectivity index is 2.11. The molecule has 0 bridgehead atoms. The summed E-state index contributed by atoms with van der Waals surface area (Å²) < 4.78 is 4.99. The lowest BCUT2D eigenvalue weighted by molar-refractivity contribution is 0.198. The first kappa shape index (κ1) is 10.8. The minimum absolute atomic E-state index is 0.760. The van der Waals surface area contributed by atoms with E-state index in [0.717, 1.165) is 36.3 Å². The summed E-state index contributed by atoms with van der Waals surface area (Å²) in [6.07, 6.45) is 2.55. The second kappa shape index (κ2) is 5.42. The summed E-state index contributed by atoms with van der Waals surface area (Å²) in [7, 11) is 1.71. The maximum Gasteiger partial charge on any atom is 0.137 e. The van der Waals surface area contributed by atoms with E-state index in [4.69, 9.17) is 4.74 Å². The smallest absolute Gasteiger partial charge is 0.137 e. The van der Waals surface area contributed by atoms with Crippen molar-refractivity contribution in [1.82, 2.24) is 9.97 Å². The second-order valence-corrected chi connectivity index (χ2v) is 3.51. The van der Waals surface area contributed by atoms with Crippen LogP contribution in [-0.4, -0.2) is 30.2 Å². The molecule has 2 aromatic rings. The molecule has 0 spiro atoms. The van der Waals surface area contributed by atoms with Crippen LogP contribution in [-0.2, 0) is 4.74 Å². The van der Waals surface area contributed by atoms with Gasteiger partial charge in [-0.15, -0.1) is 0 Å². The minimum atomic E-state index is 0.760. The van der Waals surface area contributed by atoms with Gasteiger partial charge in [0.15, 0.2) is 0 Å². The third kappa shape index (κ3) is 2.46. The number of nitrogens with one attached hydrogen (secondary N) is 1. The molecule has 16 heavy (non-hydrogen) atoms. The number of hydrogen-bond donors (Lipinski definition) is 1. The highest BCUT2D eigenvalue weighted by Gasteiger charge is 2.00. The first-order valence-corrected chi connectivity index (χ1v) is 5.34. The summed E-state index contributed by atoms with van der Waals surface area (Å²) in [6.45, 7) is 1.62. The van der Waals surface area contributed by atoms with E-state index in [1.54, 1.807) is 13.4 Å². The molecular formula is C12H15N3O. The van der Waals surface area contributed by atoms with Crippen LogP contribution in [0.5, 0.6) is 0 Å². The van der Waals surface area contributed by atoms with E-state index in [2.05, 4.69) is 15.3 Å².